The third kappa shape index (κ3) is 4.87. The van der Waals surface area contributed by atoms with E-state index in [1.807, 2.05) is 34.5 Å². The van der Waals surface area contributed by atoms with Gasteiger partial charge in [0.2, 0.25) is 5.91 Å². The van der Waals surface area contributed by atoms with Crippen LogP contribution in [-0.2, 0) is 24.9 Å². The fourth-order valence-corrected chi connectivity index (χ4v) is 3.74. The molecule has 4 rings (SSSR count). The van der Waals surface area contributed by atoms with Gasteiger partial charge in [-0.1, -0.05) is 30.3 Å². The first kappa shape index (κ1) is 19.3. The molecule has 8 heteroatoms. The number of carbonyl (C=O) groups excluding carboxylic acids is 1. The highest BCUT2D eigenvalue weighted by atomic mass is 32.1. The predicted molar refractivity (Wildman–Crippen MR) is 110 cm³/mol. The number of aromatic nitrogens is 3. The number of rotatable bonds is 7. The quantitative estimate of drug-likeness (QED) is 0.712. The van der Waals surface area contributed by atoms with Crippen LogP contribution in [0.4, 0.5) is 0 Å². The number of hydrogen-bond donors (Lipinski definition) is 1. The molecule has 1 saturated carbocycles. The van der Waals surface area contributed by atoms with Crippen LogP contribution in [-0.4, -0.2) is 68.8 Å². The van der Waals surface area contributed by atoms with Crippen LogP contribution in [0.2, 0.25) is 0 Å². The molecule has 7 nitrogen and oxygen atoms in total. The molecule has 1 aliphatic carbocycles. The molecule has 1 aromatic heterocycles. The van der Waals surface area contributed by atoms with Gasteiger partial charge in [0.1, 0.15) is 5.82 Å². The van der Waals surface area contributed by atoms with Gasteiger partial charge in [0.05, 0.1) is 13.2 Å². The average Bonchev–Trinajstić information content (AvgIpc) is 3.47. The van der Waals surface area contributed by atoms with Crippen molar-refractivity contribution < 1.29 is 4.79 Å². The summed E-state index contributed by atoms with van der Waals surface area (Å²) in [6, 6.07) is 10.8. The van der Waals surface area contributed by atoms with Crippen LogP contribution >= 0.6 is 12.2 Å². The molecule has 1 amide bonds. The van der Waals surface area contributed by atoms with E-state index >= 15 is 0 Å². The summed E-state index contributed by atoms with van der Waals surface area (Å²) in [6.45, 7) is 4.84. The summed E-state index contributed by atoms with van der Waals surface area (Å²) in [6.07, 6.45) is 3.05. The molecule has 0 radical (unpaired) electrons. The van der Waals surface area contributed by atoms with E-state index in [1.165, 1.54) is 5.56 Å². The third-order valence-corrected chi connectivity index (χ3v) is 5.93. The Morgan fingerprint density at radius 3 is 2.50 bits per heavy atom. The van der Waals surface area contributed by atoms with Crippen molar-refractivity contribution in [2.45, 2.75) is 32.0 Å². The number of piperazine rings is 1. The monoisotopic (exact) mass is 400 g/mol. The van der Waals surface area contributed by atoms with Gasteiger partial charge in [0, 0.05) is 45.7 Å². The number of benzene rings is 1. The van der Waals surface area contributed by atoms with E-state index in [9.17, 15) is 4.79 Å². The Morgan fingerprint density at radius 2 is 1.82 bits per heavy atom. The highest BCUT2D eigenvalue weighted by molar-refractivity contribution is 7.71. The minimum absolute atomic E-state index is 0.161. The SMILES string of the molecule is Cn1c(Cc2ccccc2)nn(CN2CCN(CC(=O)NC3CC3)CC2)c1=S. The maximum absolute atomic E-state index is 12.0. The van der Waals surface area contributed by atoms with Gasteiger partial charge >= 0.3 is 0 Å². The minimum Gasteiger partial charge on any atom is -0.352 e. The topological polar surface area (TPSA) is 58.3 Å². The molecule has 2 aliphatic rings. The predicted octanol–water partition coefficient (Wildman–Crippen LogP) is 1.40. The zero-order chi connectivity index (χ0) is 19.5. The molecule has 2 aromatic rings. The lowest BCUT2D eigenvalue weighted by Crippen LogP contribution is -2.49. The molecule has 1 N–H and O–H groups in total. The number of nitrogens with zero attached hydrogens (tertiary/aromatic N) is 5. The van der Waals surface area contributed by atoms with E-state index in [4.69, 9.17) is 17.3 Å². The van der Waals surface area contributed by atoms with Gasteiger partial charge in [-0.2, -0.15) is 5.10 Å². The van der Waals surface area contributed by atoms with Crippen molar-refractivity contribution in [1.29, 1.82) is 0 Å². The summed E-state index contributed by atoms with van der Waals surface area (Å²) in [5.41, 5.74) is 1.23. The molecular formula is C20H28N6OS. The van der Waals surface area contributed by atoms with E-state index in [-0.39, 0.29) is 5.91 Å². The van der Waals surface area contributed by atoms with Crippen LogP contribution in [0.3, 0.4) is 0 Å². The van der Waals surface area contributed by atoms with E-state index in [2.05, 4.69) is 27.2 Å². The lowest BCUT2D eigenvalue weighted by Gasteiger charge is -2.33. The van der Waals surface area contributed by atoms with Gasteiger partial charge in [0.15, 0.2) is 4.77 Å². The average molecular weight is 401 g/mol. The van der Waals surface area contributed by atoms with E-state index in [0.29, 0.717) is 19.3 Å². The number of carbonyl (C=O) groups is 1. The molecule has 0 spiro atoms. The molecule has 0 atom stereocenters. The second-order valence-corrected chi connectivity index (χ2v) is 8.16. The van der Waals surface area contributed by atoms with Crippen molar-refractivity contribution in [3.8, 4) is 0 Å². The number of amides is 1. The Morgan fingerprint density at radius 1 is 1.14 bits per heavy atom. The summed E-state index contributed by atoms with van der Waals surface area (Å²) < 4.78 is 4.67. The normalized spacial score (nSPS) is 18.3. The van der Waals surface area contributed by atoms with Crippen LogP contribution < -0.4 is 5.32 Å². The fourth-order valence-electron chi connectivity index (χ4n) is 3.54. The van der Waals surface area contributed by atoms with Crippen LogP contribution in [0.5, 0.6) is 0 Å². The summed E-state index contributed by atoms with van der Waals surface area (Å²) in [4.78, 5) is 16.6. The van der Waals surface area contributed by atoms with Crippen molar-refractivity contribution in [2.24, 2.45) is 7.05 Å². The largest absolute Gasteiger partial charge is 0.352 e. The molecule has 1 aromatic carbocycles. The van der Waals surface area contributed by atoms with Gasteiger partial charge in [-0.25, -0.2) is 4.68 Å². The van der Waals surface area contributed by atoms with Gasteiger partial charge in [-0.3, -0.25) is 14.6 Å². The van der Waals surface area contributed by atoms with Crippen molar-refractivity contribution in [3.05, 3.63) is 46.5 Å². The number of hydrogen-bond acceptors (Lipinski definition) is 5. The molecule has 1 aliphatic heterocycles. The highest BCUT2D eigenvalue weighted by Crippen LogP contribution is 2.18. The summed E-state index contributed by atoms with van der Waals surface area (Å²) in [5.74, 6) is 1.14. The van der Waals surface area contributed by atoms with Crippen molar-refractivity contribution in [2.75, 3.05) is 32.7 Å². The van der Waals surface area contributed by atoms with Crippen molar-refractivity contribution in [1.82, 2.24) is 29.5 Å². The molecular weight excluding hydrogens is 372 g/mol. The summed E-state index contributed by atoms with van der Waals surface area (Å²) in [5, 5.41) is 7.83. The molecule has 150 valence electrons. The first-order valence-electron chi connectivity index (χ1n) is 9.99. The van der Waals surface area contributed by atoms with Gasteiger partial charge < -0.3 is 9.88 Å². The second kappa shape index (κ2) is 8.55. The smallest absolute Gasteiger partial charge is 0.234 e. The highest BCUT2D eigenvalue weighted by Gasteiger charge is 2.25. The second-order valence-electron chi connectivity index (χ2n) is 7.80. The molecule has 0 unspecified atom stereocenters. The first-order valence-corrected chi connectivity index (χ1v) is 10.4. The zero-order valence-corrected chi connectivity index (χ0v) is 17.2. The van der Waals surface area contributed by atoms with Crippen LogP contribution in [0, 0.1) is 4.77 Å². The van der Waals surface area contributed by atoms with Crippen LogP contribution in [0.15, 0.2) is 30.3 Å². The maximum atomic E-state index is 12.0. The number of nitrogens with one attached hydrogen (secondary N) is 1. The lowest BCUT2D eigenvalue weighted by molar-refractivity contribution is -0.122. The van der Waals surface area contributed by atoms with E-state index in [1.54, 1.807) is 0 Å². The minimum atomic E-state index is 0.161. The molecule has 2 heterocycles. The fraction of sp³-hybridized carbons (Fsp3) is 0.550. The van der Waals surface area contributed by atoms with E-state index in [0.717, 1.165) is 56.0 Å². The summed E-state index contributed by atoms with van der Waals surface area (Å²) >= 11 is 5.60. The van der Waals surface area contributed by atoms with Crippen LogP contribution in [0.25, 0.3) is 0 Å². The Balaban J connectivity index is 1.30. The van der Waals surface area contributed by atoms with Gasteiger partial charge in [0.25, 0.3) is 0 Å². The third-order valence-electron chi connectivity index (χ3n) is 5.44. The lowest BCUT2D eigenvalue weighted by atomic mass is 10.1. The van der Waals surface area contributed by atoms with Crippen molar-refractivity contribution in [3.63, 3.8) is 0 Å². The Kier molecular flexibility index (Phi) is 5.89. The molecule has 28 heavy (non-hydrogen) atoms. The zero-order valence-electron chi connectivity index (χ0n) is 16.4. The standard InChI is InChI=1S/C20H28N6OS/c1-23-18(13-16-5-3-2-4-6-16)22-26(20(23)28)15-25-11-9-24(10-12-25)14-19(27)21-17-7-8-17/h2-6,17H,7-15H2,1H3,(H,21,27). The van der Waals surface area contributed by atoms with Crippen molar-refractivity contribution >= 4 is 18.1 Å². The van der Waals surface area contributed by atoms with Crippen LogP contribution in [0.1, 0.15) is 24.2 Å². The Hall–Kier alpha value is -2.03. The maximum Gasteiger partial charge on any atom is 0.234 e. The van der Waals surface area contributed by atoms with E-state index < -0.39 is 0 Å². The molecule has 2 fully saturated rings. The summed E-state index contributed by atoms with van der Waals surface area (Å²) in [7, 11) is 1.99. The van der Waals surface area contributed by atoms with Gasteiger partial charge in [-0.05, 0) is 30.6 Å². The molecule has 0 bridgehead atoms. The van der Waals surface area contributed by atoms with Gasteiger partial charge in [-0.15, -0.1) is 0 Å². The molecule has 1 saturated heterocycles. The Labute approximate surface area is 170 Å². The first-order chi connectivity index (χ1) is 13.6. The Bertz CT molecular complexity index is 865.